The molecule has 2 aromatic rings. The van der Waals surface area contributed by atoms with Gasteiger partial charge in [-0.15, -0.1) is 12.4 Å². The minimum Gasteiger partial charge on any atom is -0.496 e. The average Bonchev–Trinajstić information content (AvgIpc) is 2.79. The molecule has 1 fully saturated rings. The molecule has 6 nitrogen and oxygen atoms in total. The Morgan fingerprint density at radius 2 is 2.00 bits per heavy atom. The highest BCUT2D eigenvalue weighted by Gasteiger charge is 2.31. The number of amides is 1. The second kappa shape index (κ2) is 11.4. The van der Waals surface area contributed by atoms with Crippen molar-refractivity contribution < 1.29 is 18.7 Å². The molecule has 2 unspecified atom stereocenters. The van der Waals surface area contributed by atoms with Crippen molar-refractivity contribution in [1.82, 2.24) is 10.6 Å². The van der Waals surface area contributed by atoms with Gasteiger partial charge in [-0.05, 0) is 74.3 Å². The lowest BCUT2D eigenvalue weighted by atomic mass is 9.79. The third-order valence-corrected chi connectivity index (χ3v) is 5.45. The number of halogens is 2. The Labute approximate surface area is 187 Å². The molecule has 0 saturated carbocycles. The van der Waals surface area contributed by atoms with Crippen LogP contribution < -0.4 is 15.4 Å². The fraction of sp³-hybridized carbons (Fsp3) is 0.348. The lowest BCUT2D eigenvalue weighted by Gasteiger charge is -2.31. The number of ketones is 1. The highest BCUT2D eigenvalue weighted by molar-refractivity contribution is 5.98. The van der Waals surface area contributed by atoms with E-state index in [-0.39, 0.29) is 41.8 Å². The standard InChI is InChI=1S/C23H24FN3O3.ClH/c1-30-21-7-2-15(13-25)12-20(21)23(29)27-11-8-17-14-26-10-9-19(17)22(28)16-3-5-18(24)6-4-16;/h2-7,12,17,19,26H,8-11,14H2,1H3,(H,27,29);1H. The van der Waals surface area contributed by atoms with Crippen LogP contribution in [0.25, 0.3) is 0 Å². The van der Waals surface area contributed by atoms with Gasteiger partial charge >= 0.3 is 0 Å². The number of nitrogens with one attached hydrogen (secondary N) is 2. The predicted octanol–water partition coefficient (Wildman–Crippen LogP) is 3.36. The van der Waals surface area contributed by atoms with Crippen LogP contribution >= 0.6 is 12.4 Å². The Balaban J connectivity index is 0.00000341. The fourth-order valence-electron chi connectivity index (χ4n) is 3.82. The molecule has 1 amide bonds. The SMILES string of the molecule is COc1ccc(C#N)cc1C(=O)NCCC1CNCCC1C(=O)c1ccc(F)cc1.Cl. The number of benzene rings is 2. The van der Waals surface area contributed by atoms with Crippen LogP contribution in [-0.2, 0) is 0 Å². The van der Waals surface area contributed by atoms with E-state index in [2.05, 4.69) is 10.6 Å². The summed E-state index contributed by atoms with van der Waals surface area (Å²) in [7, 11) is 1.47. The molecule has 1 heterocycles. The maximum absolute atomic E-state index is 13.2. The molecule has 2 N–H and O–H groups in total. The third-order valence-electron chi connectivity index (χ3n) is 5.45. The van der Waals surface area contributed by atoms with Gasteiger partial charge in [-0.2, -0.15) is 5.26 Å². The number of hydrogen-bond donors (Lipinski definition) is 2. The van der Waals surface area contributed by atoms with Crippen molar-refractivity contribution >= 4 is 24.1 Å². The zero-order valence-corrected chi connectivity index (χ0v) is 18.0. The second-order valence-corrected chi connectivity index (χ2v) is 7.30. The van der Waals surface area contributed by atoms with Crippen molar-refractivity contribution in [3.63, 3.8) is 0 Å². The van der Waals surface area contributed by atoms with E-state index in [1.54, 1.807) is 12.1 Å². The number of carbonyl (C=O) groups is 2. The number of piperidine rings is 1. The minimum absolute atomic E-state index is 0. The van der Waals surface area contributed by atoms with Crippen LogP contribution in [0.3, 0.4) is 0 Å². The summed E-state index contributed by atoms with van der Waals surface area (Å²) in [5.74, 6) is -0.401. The van der Waals surface area contributed by atoms with Crippen molar-refractivity contribution in [3.8, 4) is 11.8 Å². The summed E-state index contributed by atoms with van der Waals surface area (Å²) in [6.45, 7) is 1.82. The van der Waals surface area contributed by atoms with Crippen LogP contribution in [0.2, 0.25) is 0 Å². The number of methoxy groups -OCH3 is 1. The highest BCUT2D eigenvalue weighted by atomic mass is 35.5. The van der Waals surface area contributed by atoms with Crippen molar-refractivity contribution in [2.75, 3.05) is 26.7 Å². The Kier molecular flexibility index (Phi) is 8.98. The van der Waals surface area contributed by atoms with E-state index in [0.29, 0.717) is 48.4 Å². The molecular formula is C23H25ClFN3O3. The van der Waals surface area contributed by atoms with E-state index < -0.39 is 0 Å². The Morgan fingerprint density at radius 1 is 1.26 bits per heavy atom. The van der Waals surface area contributed by atoms with Crippen LogP contribution in [-0.4, -0.2) is 38.4 Å². The van der Waals surface area contributed by atoms with Gasteiger partial charge in [0.2, 0.25) is 0 Å². The van der Waals surface area contributed by atoms with Crippen molar-refractivity contribution in [3.05, 3.63) is 65.0 Å². The van der Waals surface area contributed by atoms with E-state index in [1.807, 2.05) is 6.07 Å². The molecule has 8 heteroatoms. The number of ether oxygens (including phenoxy) is 1. The smallest absolute Gasteiger partial charge is 0.255 e. The van der Waals surface area contributed by atoms with E-state index in [4.69, 9.17) is 10.00 Å². The summed E-state index contributed by atoms with van der Waals surface area (Å²) >= 11 is 0. The minimum atomic E-state index is -0.369. The summed E-state index contributed by atoms with van der Waals surface area (Å²) in [6.07, 6.45) is 1.32. The zero-order chi connectivity index (χ0) is 21.5. The predicted molar refractivity (Wildman–Crippen MR) is 117 cm³/mol. The number of nitriles is 1. The van der Waals surface area contributed by atoms with Gasteiger partial charge in [-0.3, -0.25) is 9.59 Å². The number of hydrogen-bond acceptors (Lipinski definition) is 5. The normalized spacial score (nSPS) is 17.7. The molecule has 0 spiro atoms. The average molecular weight is 446 g/mol. The molecule has 31 heavy (non-hydrogen) atoms. The van der Waals surface area contributed by atoms with Gasteiger partial charge in [0.25, 0.3) is 5.91 Å². The van der Waals surface area contributed by atoms with Gasteiger partial charge in [0.05, 0.1) is 24.3 Å². The van der Waals surface area contributed by atoms with Crippen LogP contribution in [0, 0.1) is 29.0 Å². The monoisotopic (exact) mass is 445 g/mol. The largest absolute Gasteiger partial charge is 0.496 e. The summed E-state index contributed by atoms with van der Waals surface area (Å²) in [5, 5.41) is 15.2. The first kappa shape index (κ1) is 24.3. The molecule has 1 saturated heterocycles. The highest BCUT2D eigenvalue weighted by Crippen LogP contribution is 2.26. The molecule has 1 aliphatic rings. The Morgan fingerprint density at radius 3 is 2.68 bits per heavy atom. The summed E-state index contributed by atoms with van der Waals surface area (Å²) < 4.78 is 18.4. The summed E-state index contributed by atoms with van der Waals surface area (Å²) in [4.78, 5) is 25.5. The molecule has 2 atom stereocenters. The van der Waals surface area contributed by atoms with Crippen molar-refractivity contribution in [2.45, 2.75) is 12.8 Å². The zero-order valence-electron chi connectivity index (χ0n) is 17.2. The summed E-state index contributed by atoms with van der Waals surface area (Å²) in [5.41, 5.74) is 1.19. The number of Topliss-reactive ketones (excluding diaryl/α,β-unsaturated/α-hetero) is 1. The van der Waals surface area contributed by atoms with Gasteiger partial charge in [0.15, 0.2) is 5.78 Å². The molecule has 164 valence electrons. The molecule has 3 rings (SSSR count). The van der Waals surface area contributed by atoms with Gasteiger partial charge in [0, 0.05) is 18.0 Å². The topological polar surface area (TPSA) is 91.2 Å². The third kappa shape index (κ3) is 6.03. The van der Waals surface area contributed by atoms with Gasteiger partial charge in [-0.1, -0.05) is 0 Å². The summed E-state index contributed by atoms with van der Waals surface area (Å²) in [6, 6.07) is 12.3. The lowest BCUT2D eigenvalue weighted by Crippen LogP contribution is -2.41. The Hall–Kier alpha value is -2.95. The molecule has 0 aliphatic carbocycles. The lowest BCUT2D eigenvalue weighted by molar-refractivity contribution is 0.0828. The molecule has 0 bridgehead atoms. The maximum Gasteiger partial charge on any atom is 0.255 e. The van der Waals surface area contributed by atoms with Crippen molar-refractivity contribution in [1.29, 1.82) is 5.26 Å². The first-order valence-corrected chi connectivity index (χ1v) is 9.90. The van der Waals surface area contributed by atoms with Crippen LogP contribution in [0.15, 0.2) is 42.5 Å². The first-order chi connectivity index (χ1) is 14.5. The van der Waals surface area contributed by atoms with Gasteiger partial charge in [0.1, 0.15) is 11.6 Å². The number of rotatable bonds is 7. The fourth-order valence-corrected chi connectivity index (χ4v) is 3.82. The van der Waals surface area contributed by atoms with Gasteiger partial charge < -0.3 is 15.4 Å². The quantitative estimate of drug-likeness (QED) is 0.638. The number of carbonyl (C=O) groups excluding carboxylic acids is 2. The van der Waals surface area contributed by atoms with Crippen LogP contribution in [0.5, 0.6) is 5.75 Å². The van der Waals surface area contributed by atoms with E-state index in [0.717, 1.165) is 6.54 Å². The maximum atomic E-state index is 13.2. The first-order valence-electron chi connectivity index (χ1n) is 9.90. The van der Waals surface area contributed by atoms with Crippen molar-refractivity contribution in [2.24, 2.45) is 11.8 Å². The number of nitrogens with zero attached hydrogens (tertiary/aromatic N) is 1. The van der Waals surface area contributed by atoms with E-state index in [1.165, 1.54) is 37.4 Å². The molecular weight excluding hydrogens is 421 g/mol. The second-order valence-electron chi connectivity index (χ2n) is 7.30. The van der Waals surface area contributed by atoms with Gasteiger partial charge in [-0.25, -0.2) is 4.39 Å². The van der Waals surface area contributed by atoms with Crippen LogP contribution in [0.1, 0.15) is 39.1 Å². The van der Waals surface area contributed by atoms with E-state index in [9.17, 15) is 14.0 Å². The van der Waals surface area contributed by atoms with E-state index >= 15 is 0 Å². The van der Waals surface area contributed by atoms with Crippen LogP contribution in [0.4, 0.5) is 4.39 Å². The molecule has 1 aliphatic heterocycles. The Bertz CT molecular complexity index is 960. The molecule has 2 aromatic carbocycles. The molecule has 0 radical (unpaired) electrons. The molecule has 0 aromatic heterocycles.